The predicted octanol–water partition coefficient (Wildman–Crippen LogP) is 1.08. The van der Waals surface area contributed by atoms with Crippen molar-refractivity contribution in [3.8, 4) is 0 Å². The molecule has 0 spiro atoms. The predicted molar refractivity (Wildman–Crippen MR) is 82.0 cm³/mol. The number of aryl methyl sites for hydroxylation is 3. The highest BCUT2D eigenvalue weighted by atomic mass is 16.1. The second kappa shape index (κ2) is 6.25. The van der Waals surface area contributed by atoms with Gasteiger partial charge in [-0.15, -0.1) is 0 Å². The first-order valence-corrected chi connectivity index (χ1v) is 6.77. The van der Waals surface area contributed by atoms with Crippen LogP contribution in [0.4, 0.5) is 11.5 Å². The van der Waals surface area contributed by atoms with Gasteiger partial charge in [0.15, 0.2) is 0 Å². The molecule has 0 radical (unpaired) electrons. The van der Waals surface area contributed by atoms with E-state index in [1.165, 1.54) is 12.3 Å². The Morgan fingerprint density at radius 1 is 1.38 bits per heavy atom. The van der Waals surface area contributed by atoms with Gasteiger partial charge in [-0.05, 0) is 32.4 Å². The lowest BCUT2D eigenvalue weighted by Gasteiger charge is -2.10. The van der Waals surface area contributed by atoms with Gasteiger partial charge in [-0.2, -0.15) is 5.10 Å². The van der Waals surface area contributed by atoms with E-state index >= 15 is 0 Å². The SMILES string of the molecule is Cc1cc(C)n(CCCNc2ncc(N)cc2C(N)=O)n1. The molecule has 0 saturated carbocycles. The van der Waals surface area contributed by atoms with Crippen molar-refractivity contribution in [3.05, 3.63) is 35.3 Å². The first-order valence-electron chi connectivity index (χ1n) is 6.77. The molecular weight excluding hydrogens is 268 g/mol. The second-order valence-corrected chi connectivity index (χ2v) is 4.96. The zero-order valence-corrected chi connectivity index (χ0v) is 12.3. The number of pyridine rings is 1. The summed E-state index contributed by atoms with van der Waals surface area (Å²) in [5.41, 5.74) is 13.8. The molecule has 2 heterocycles. The van der Waals surface area contributed by atoms with Crippen LogP contribution in [0.5, 0.6) is 0 Å². The Morgan fingerprint density at radius 2 is 2.14 bits per heavy atom. The van der Waals surface area contributed by atoms with E-state index in [-0.39, 0.29) is 0 Å². The van der Waals surface area contributed by atoms with E-state index in [0.29, 0.717) is 23.6 Å². The molecule has 2 rings (SSSR count). The lowest BCUT2D eigenvalue weighted by atomic mass is 10.2. The van der Waals surface area contributed by atoms with E-state index in [1.54, 1.807) is 0 Å². The topological polar surface area (TPSA) is 112 Å². The summed E-state index contributed by atoms with van der Waals surface area (Å²) in [6, 6.07) is 3.57. The van der Waals surface area contributed by atoms with Gasteiger partial charge in [0.05, 0.1) is 23.1 Å². The molecule has 0 saturated heterocycles. The van der Waals surface area contributed by atoms with Crippen molar-refractivity contribution in [2.75, 3.05) is 17.6 Å². The molecule has 0 aromatic carbocycles. The van der Waals surface area contributed by atoms with Crippen molar-refractivity contribution in [2.24, 2.45) is 5.73 Å². The maximum atomic E-state index is 11.3. The monoisotopic (exact) mass is 288 g/mol. The van der Waals surface area contributed by atoms with Crippen LogP contribution in [0.25, 0.3) is 0 Å². The van der Waals surface area contributed by atoms with E-state index in [2.05, 4.69) is 15.4 Å². The minimum Gasteiger partial charge on any atom is -0.397 e. The van der Waals surface area contributed by atoms with Crippen molar-refractivity contribution < 1.29 is 4.79 Å². The van der Waals surface area contributed by atoms with Crippen molar-refractivity contribution in [1.82, 2.24) is 14.8 Å². The Hall–Kier alpha value is -2.57. The molecule has 0 aliphatic carbocycles. The standard InChI is InChI=1S/C14H20N6O/c1-9-6-10(2)20(19-9)5-3-4-17-14-12(13(16)21)7-11(15)8-18-14/h6-8H,3-5,15H2,1-2H3,(H2,16,21)(H,17,18). The Labute approximate surface area is 123 Å². The third kappa shape index (κ3) is 3.71. The average molecular weight is 288 g/mol. The molecule has 2 aromatic heterocycles. The number of nitrogen functional groups attached to an aromatic ring is 1. The van der Waals surface area contributed by atoms with Crippen LogP contribution >= 0.6 is 0 Å². The minimum atomic E-state index is -0.546. The van der Waals surface area contributed by atoms with E-state index in [0.717, 1.165) is 24.4 Å². The Kier molecular flexibility index (Phi) is 4.42. The molecule has 7 nitrogen and oxygen atoms in total. The molecule has 0 fully saturated rings. The van der Waals surface area contributed by atoms with E-state index in [9.17, 15) is 4.79 Å². The van der Waals surface area contributed by atoms with Crippen molar-refractivity contribution in [3.63, 3.8) is 0 Å². The van der Waals surface area contributed by atoms with Crippen molar-refractivity contribution in [1.29, 1.82) is 0 Å². The summed E-state index contributed by atoms with van der Waals surface area (Å²) >= 11 is 0. The lowest BCUT2D eigenvalue weighted by molar-refractivity contribution is 0.100. The minimum absolute atomic E-state index is 0.307. The first kappa shape index (κ1) is 14.8. The van der Waals surface area contributed by atoms with Gasteiger partial charge in [-0.25, -0.2) is 4.98 Å². The van der Waals surface area contributed by atoms with Crippen molar-refractivity contribution in [2.45, 2.75) is 26.8 Å². The number of hydrogen-bond donors (Lipinski definition) is 3. The van der Waals surface area contributed by atoms with Crippen molar-refractivity contribution >= 4 is 17.4 Å². The zero-order valence-electron chi connectivity index (χ0n) is 12.3. The van der Waals surface area contributed by atoms with Crippen LogP contribution in [-0.2, 0) is 6.54 Å². The van der Waals surface area contributed by atoms with Gasteiger partial charge in [0.1, 0.15) is 5.82 Å². The molecular formula is C14H20N6O. The molecule has 5 N–H and O–H groups in total. The maximum Gasteiger partial charge on any atom is 0.252 e. The quantitative estimate of drug-likeness (QED) is 0.688. The van der Waals surface area contributed by atoms with Crippen LogP contribution in [0, 0.1) is 13.8 Å². The largest absolute Gasteiger partial charge is 0.397 e. The smallest absolute Gasteiger partial charge is 0.252 e. The third-order valence-corrected chi connectivity index (χ3v) is 3.12. The number of hydrogen-bond acceptors (Lipinski definition) is 5. The molecule has 0 atom stereocenters. The summed E-state index contributed by atoms with van der Waals surface area (Å²) in [4.78, 5) is 15.5. The van der Waals surface area contributed by atoms with Gasteiger partial charge in [0.25, 0.3) is 5.91 Å². The average Bonchev–Trinajstić information content (AvgIpc) is 2.74. The van der Waals surface area contributed by atoms with Crippen LogP contribution in [0.2, 0.25) is 0 Å². The summed E-state index contributed by atoms with van der Waals surface area (Å²) < 4.78 is 1.96. The normalized spacial score (nSPS) is 10.6. The van der Waals surface area contributed by atoms with Crippen LogP contribution in [0.3, 0.4) is 0 Å². The van der Waals surface area contributed by atoms with Gasteiger partial charge in [-0.1, -0.05) is 0 Å². The highest BCUT2D eigenvalue weighted by Crippen LogP contribution is 2.14. The molecule has 0 unspecified atom stereocenters. The number of nitrogens with two attached hydrogens (primary N) is 2. The van der Waals surface area contributed by atoms with E-state index < -0.39 is 5.91 Å². The molecule has 21 heavy (non-hydrogen) atoms. The number of anilines is 2. The molecule has 0 bridgehead atoms. The number of rotatable bonds is 6. The Bertz CT molecular complexity index is 649. The summed E-state index contributed by atoms with van der Waals surface area (Å²) in [6.07, 6.45) is 2.35. The molecule has 7 heteroatoms. The van der Waals surface area contributed by atoms with Gasteiger partial charge in [0, 0.05) is 18.8 Å². The highest BCUT2D eigenvalue weighted by Gasteiger charge is 2.09. The summed E-state index contributed by atoms with van der Waals surface area (Å²) in [6.45, 7) is 5.46. The van der Waals surface area contributed by atoms with Gasteiger partial charge >= 0.3 is 0 Å². The number of carbonyl (C=O) groups is 1. The number of amides is 1. The Morgan fingerprint density at radius 3 is 2.76 bits per heavy atom. The summed E-state index contributed by atoms with van der Waals surface area (Å²) in [7, 11) is 0. The first-order chi connectivity index (χ1) is 9.97. The highest BCUT2D eigenvalue weighted by molar-refractivity contribution is 5.98. The number of nitrogens with one attached hydrogen (secondary N) is 1. The van der Waals surface area contributed by atoms with Crippen LogP contribution in [0.15, 0.2) is 18.3 Å². The third-order valence-electron chi connectivity index (χ3n) is 3.12. The lowest BCUT2D eigenvalue weighted by Crippen LogP contribution is -2.17. The number of nitrogens with zero attached hydrogens (tertiary/aromatic N) is 3. The molecule has 0 aliphatic rings. The van der Waals surface area contributed by atoms with E-state index in [4.69, 9.17) is 11.5 Å². The van der Waals surface area contributed by atoms with E-state index in [1.807, 2.05) is 24.6 Å². The zero-order chi connectivity index (χ0) is 15.4. The number of aromatic nitrogens is 3. The molecule has 112 valence electrons. The fourth-order valence-electron chi connectivity index (χ4n) is 2.15. The second-order valence-electron chi connectivity index (χ2n) is 4.96. The summed E-state index contributed by atoms with van der Waals surface area (Å²) in [5.74, 6) is -0.0825. The summed E-state index contributed by atoms with van der Waals surface area (Å²) in [5, 5.41) is 7.50. The van der Waals surface area contributed by atoms with Gasteiger partial charge in [0.2, 0.25) is 0 Å². The van der Waals surface area contributed by atoms with Crippen LogP contribution < -0.4 is 16.8 Å². The molecule has 0 aliphatic heterocycles. The number of carbonyl (C=O) groups excluding carboxylic acids is 1. The van der Waals surface area contributed by atoms with Gasteiger partial charge in [-0.3, -0.25) is 9.48 Å². The maximum absolute atomic E-state index is 11.3. The van der Waals surface area contributed by atoms with Crippen LogP contribution in [-0.4, -0.2) is 27.2 Å². The Balaban J connectivity index is 1.92. The van der Waals surface area contributed by atoms with Crippen LogP contribution in [0.1, 0.15) is 28.2 Å². The fraction of sp³-hybridized carbons (Fsp3) is 0.357. The van der Waals surface area contributed by atoms with Gasteiger partial charge < -0.3 is 16.8 Å². The number of primary amides is 1. The molecule has 1 amide bonds. The molecule has 2 aromatic rings. The fourth-order valence-corrected chi connectivity index (χ4v) is 2.15.